The van der Waals surface area contributed by atoms with Crippen LogP contribution in [0.4, 0.5) is 13.2 Å². The first kappa shape index (κ1) is 24.1. The van der Waals surface area contributed by atoms with Crippen molar-refractivity contribution < 1.29 is 22.6 Å². The van der Waals surface area contributed by atoms with Gasteiger partial charge >= 0.3 is 6.18 Å². The van der Waals surface area contributed by atoms with Crippen LogP contribution in [0.3, 0.4) is 0 Å². The number of allylic oxidation sites excluding steroid dienone is 4. The van der Waals surface area contributed by atoms with E-state index in [9.17, 15) is 13.2 Å². The molecule has 0 radical (unpaired) electrons. The molecule has 8 heteroatoms. The van der Waals surface area contributed by atoms with E-state index in [4.69, 9.17) is 27.5 Å². The minimum atomic E-state index is -4.61. The molecule has 1 fully saturated rings. The lowest BCUT2D eigenvalue weighted by molar-refractivity contribution is -0.139. The summed E-state index contributed by atoms with van der Waals surface area (Å²) in [4.78, 5) is 0. The van der Waals surface area contributed by atoms with Crippen molar-refractivity contribution in [2.75, 3.05) is 13.2 Å². The lowest BCUT2D eigenvalue weighted by Crippen LogP contribution is -2.42. The minimum Gasteiger partial charge on any atom is -0.457 e. The summed E-state index contributed by atoms with van der Waals surface area (Å²) in [5.74, 6) is 2.81. The lowest BCUT2D eigenvalue weighted by Gasteiger charge is -2.37. The van der Waals surface area contributed by atoms with Crippen LogP contribution in [0.1, 0.15) is 42.9 Å². The minimum absolute atomic E-state index is 0.000480. The van der Waals surface area contributed by atoms with Crippen LogP contribution in [0.25, 0.3) is 0 Å². The average Bonchev–Trinajstić information content (AvgIpc) is 2.78. The van der Waals surface area contributed by atoms with Gasteiger partial charge in [-0.2, -0.15) is 13.2 Å². The summed E-state index contributed by atoms with van der Waals surface area (Å²) >= 11 is 5.87. The molecule has 1 aliphatic carbocycles. The third-order valence-electron chi connectivity index (χ3n) is 5.67. The first-order chi connectivity index (χ1) is 16.3. The van der Waals surface area contributed by atoms with E-state index in [1.165, 1.54) is 12.1 Å². The number of nitrogens with zero attached hydrogens (tertiary/aromatic N) is 1. The standard InChI is InChI=1S/C26H24ClF3N2O2/c1-2-15-33-25(17-32-20-6-4-3-5-19(31-32)9-10-20)23-14-13-22(16-24(23)26(28,29)30)34-21-11-7-18(27)8-12-21/h1,7-14,16,25,31H,3-6,15,17H2. The van der Waals surface area contributed by atoms with Crippen molar-refractivity contribution in [3.05, 3.63) is 82.2 Å². The summed E-state index contributed by atoms with van der Waals surface area (Å²) < 4.78 is 53.8. The van der Waals surface area contributed by atoms with Crippen LogP contribution in [0.15, 0.2) is 66.0 Å². The van der Waals surface area contributed by atoms with Gasteiger partial charge in [0.15, 0.2) is 0 Å². The van der Waals surface area contributed by atoms with E-state index >= 15 is 0 Å². The Morgan fingerprint density at radius 2 is 1.79 bits per heavy atom. The summed E-state index contributed by atoms with van der Waals surface area (Å²) in [6, 6.07) is 10.3. The maximum atomic E-state index is 14.1. The van der Waals surface area contributed by atoms with Crippen molar-refractivity contribution in [3.8, 4) is 23.8 Å². The topological polar surface area (TPSA) is 33.7 Å². The van der Waals surface area contributed by atoms with Gasteiger partial charge in [-0.15, -0.1) is 6.42 Å². The van der Waals surface area contributed by atoms with Crippen molar-refractivity contribution in [2.45, 2.75) is 38.0 Å². The molecule has 0 amide bonds. The fourth-order valence-corrected chi connectivity index (χ4v) is 4.16. The Bertz CT molecular complexity index is 1120. The predicted octanol–water partition coefficient (Wildman–Crippen LogP) is 7.00. The number of terminal acetylenes is 1. The van der Waals surface area contributed by atoms with Gasteiger partial charge in [0.05, 0.1) is 12.1 Å². The van der Waals surface area contributed by atoms with E-state index in [1.807, 2.05) is 17.2 Å². The smallest absolute Gasteiger partial charge is 0.416 e. The van der Waals surface area contributed by atoms with E-state index in [0.717, 1.165) is 43.1 Å². The second-order valence-corrected chi connectivity index (χ2v) is 8.52. The van der Waals surface area contributed by atoms with Gasteiger partial charge < -0.3 is 14.9 Å². The molecule has 2 aromatic carbocycles. The van der Waals surface area contributed by atoms with Crippen LogP contribution in [0, 0.1) is 12.3 Å². The Hall–Kier alpha value is -3.08. The molecule has 1 unspecified atom stereocenters. The van der Waals surface area contributed by atoms with E-state index in [2.05, 4.69) is 11.3 Å². The van der Waals surface area contributed by atoms with E-state index < -0.39 is 17.8 Å². The molecule has 0 aromatic heterocycles. The molecular weight excluding hydrogens is 465 g/mol. The molecule has 178 valence electrons. The molecule has 1 saturated heterocycles. The summed E-state index contributed by atoms with van der Waals surface area (Å²) in [6.45, 7) is 0.0614. The largest absolute Gasteiger partial charge is 0.457 e. The monoisotopic (exact) mass is 488 g/mol. The van der Waals surface area contributed by atoms with Gasteiger partial charge in [0.2, 0.25) is 0 Å². The van der Waals surface area contributed by atoms with Gasteiger partial charge in [0, 0.05) is 16.4 Å². The summed E-state index contributed by atoms with van der Waals surface area (Å²) in [5, 5.41) is 2.37. The highest BCUT2D eigenvalue weighted by Gasteiger charge is 2.37. The van der Waals surface area contributed by atoms with Crippen LogP contribution in [-0.2, 0) is 10.9 Å². The first-order valence-electron chi connectivity index (χ1n) is 11.0. The van der Waals surface area contributed by atoms with Gasteiger partial charge in [-0.1, -0.05) is 23.6 Å². The maximum absolute atomic E-state index is 14.1. The zero-order valence-corrected chi connectivity index (χ0v) is 19.1. The number of nitrogens with one attached hydrogen (secondary N) is 1. The van der Waals surface area contributed by atoms with Crippen molar-refractivity contribution in [3.63, 3.8) is 0 Å². The normalized spacial score (nSPS) is 16.5. The molecule has 2 aromatic rings. The molecular formula is C26H24ClF3N2O2. The zero-order valence-electron chi connectivity index (χ0n) is 18.4. The van der Waals surface area contributed by atoms with Crippen LogP contribution in [-0.4, -0.2) is 18.2 Å². The van der Waals surface area contributed by atoms with Crippen molar-refractivity contribution >= 4 is 11.6 Å². The summed E-state index contributed by atoms with van der Waals surface area (Å²) in [6.07, 6.45) is 7.67. The van der Waals surface area contributed by atoms with E-state index in [1.54, 1.807) is 24.3 Å². The molecule has 0 saturated carbocycles. The molecule has 34 heavy (non-hydrogen) atoms. The highest BCUT2D eigenvalue weighted by molar-refractivity contribution is 6.30. The second kappa shape index (κ2) is 10.5. The number of hydrogen-bond acceptors (Lipinski definition) is 4. The fourth-order valence-electron chi connectivity index (χ4n) is 4.03. The van der Waals surface area contributed by atoms with Crippen molar-refractivity contribution in [2.24, 2.45) is 0 Å². The third-order valence-corrected chi connectivity index (χ3v) is 5.93. The lowest BCUT2D eigenvalue weighted by atomic mass is 9.99. The number of ether oxygens (including phenoxy) is 2. The Balaban J connectivity index is 1.63. The first-order valence-corrected chi connectivity index (χ1v) is 11.3. The van der Waals surface area contributed by atoms with Crippen molar-refractivity contribution in [1.29, 1.82) is 0 Å². The van der Waals surface area contributed by atoms with Crippen molar-refractivity contribution in [1.82, 2.24) is 10.4 Å². The van der Waals surface area contributed by atoms with Crippen LogP contribution in [0.2, 0.25) is 5.02 Å². The van der Waals surface area contributed by atoms with Gasteiger partial charge in [0.25, 0.3) is 0 Å². The quantitative estimate of drug-likeness (QED) is 0.425. The highest BCUT2D eigenvalue weighted by atomic mass is 35.5. The Kier molecular flexibility index (Phi) is 7.40. The molecule has 1 atom stereocenters. The van der Waals surface area contributed by atoms with Gasteiger partial charge in [-0.25, -0.2) is 0 Å². The number of rotatable bonds is 7. The van der Waals surface area contributed by atoms with Crippen LogP contribution < -0.4 is 10.2 Å². The van der Waals surface area contributed by atoms with E-state index in [-0.39, 0.29) is 24.5 Å². The molecule has 4 nitrogen and oxygen atoms in total. The van der Waals surface area contributed by atoms with Gasteiger partial charge in [-0.3, -0.25) is 5.01 Å². The van der Waals surface area contributed by atoms with E-state index in [0.29, 0.717) is 10.8 Å². The zero-order chi connectivity index (χ0) is 24.1. The number of benzene rings is 2. The predicted molar refractivity (Wildman–Crippen MR) is 125 cm³/mol. The molecule has 1 N–H and O–H groups in total. The summed E-state index contributed by atoms with van der Waals surface area (Å²) in [5.41, 5.74) is 4.53. The SMILES string of the molecule is C#CCOC(CN1NC2=CC=C1CCCC2)c1ccc(Oc2ccc(Cl)cc2)cc1C(F)(F)F. The average molecular weight is 489 g/mol. The number of hydrogen-bond donors (Lipinski definition) is 1. The molecule has 0 spiro atoms. The number of alkyl halides is 3. The molecule has 5 rings (SSSR count). The Morgan fingerprint density at radius 1 is 1.06 bits per heavy atom. The van der Waals surface area contributed by atoms with Crippen LogP contribution >= 0.6 is 11.6 Å². The number of halogens is 4. The van der Waals surface area contributed by atoms with Crippen LogP contribution in [0.5, 0.6) is 11.5 Å². The Labute approximate surface area is 202 Å². The maximum Gasteiger partial charge on any atom is 0.416 e. The molecule has 2 aliphatic heterocycles. The highest BCUT2D eigenvalue weighted by Crippen LogP contribution is 2.39. The number of hydrazine groups is 1. The Morgan fingerprint density at radius 3 is 2.53 bits per heavy atom. The molecule has 2 heterocycles. The summed E-state index contributed by atoms with van der Waals surface area (Å²) in [7, 11) is 0. The third kappa shape index (κ3) is 5.88. The van der Waals surface area contributed by atoms with Gasteiger partial charge in [-0.05, 0) is 79.8 Å². The number of fused-ring (bicyclic) bond motifs is 5. The van der Waals surface area contributed by atoms with Gasteiger partial charge in [0.1, 0.15) is 24.2 Å². The fraction of sp³-hybridized carbons (Fsp3) is 0.308. The molecule has 3 aliphatic rings. The second-order valence-electron chi connectivity index (χ2n) is 8.09. The molecule has 2 bridgehead atoms.